The molecule has 0 amide bonds. The third-order valence-electron chi connectivity index (χ3n) is 7.13. The molecule has 0 saturated heterocycles. The molecule has 0 aliphatic heterocycles. The Hall–Kier alpha value is -2.70. The predicted octanol–water partition coefficient (Wildman–Crippen LogP) is 4.39. The summed E-state index contributed by atoms with van der Waals surface area (Å²) in [7, 11) is 1.42. The number of ether oxygens (including phenoxy) is 1. The second-order valence-corrected chi connectivity index (χ2v) is 9.21. The number of rotatable bonds is 4. The minimum atomic E-state index is -0.826. The summed E-state index contributed by atoms with van der Waals surface area (Å²) in [6.07, 6.45) is 4.81. The Balaban J connectivity index is 0.000000186. The molecule has 2 aromatic carbocycles. The topological polar surface area (TPSA) is 104 Å². The van der Waals surface area contributed by atoms with E-state index in [4.69, 9.17) is 9.84 Å². The lowest BCUT2D eigenvalue weighted by Crippen LogP contribution is -2.34. The lowest BCUT2D eigenvalue weighted by atomic mass is 9.75. The zero-order valence-electron chi connectivity index (χ0n) is 19.2. The highest BCUT2D eigenvalue weighted by Crippen LogP contribution is 2.40. The van der Waals surface area contributed by atoms with E-state index in [2.05, 4.69) is 0 Å². The molecule has 4 rings (SSSR count). The normalized spacial score (nSPS) is 29.3. The van der Waals surface area contributed by atoms with Gasteiger partial charge in [-0.05, 0) is 62.5 Å². The molecule has 33 heavy (non-hydrogen) atoms. The standard InChI is InChI=1S/C14H18O3.C13H16O3/c1-17-13(15)11-7-9-14(16,10-8-11)12-5-3-2-4-6-12;14-12(15)10-6-8-13(16,9-7-10)11-4-2-1-3-5-11/h2-6,11,16H,7-10H2,1H3;1-5,10,16H,6-9H2,(H,14,15). The van der Waals surface area contributed by atoms with Crippen molar-refractivity contribution in [2.75, 3.05) is 7.11 Å². The summed E-state index contributed by atoms with van der Waals surface area (Å²) in [6, 6.07) is 19.2. The van der Waals surface area contributed by atoms with Gasteiger partial charge in [0.15, 0.2) is 0 Å². The maximum Gasteiger partial charge on any atom is 0.308 e. The summed E-state index contributed by atoms with van der Waals surface area (Å²) in [5.41, 5.74) is 0.251. The molecule has 0 bridgehead atoms. The number of carboxylic acid groups (broad SMARTS) is 1. The van der Waals surface area contributed by atoms with Gasteiger partial charge in [0, 0.05) is 0 Å². The van der Waals surface area contributed by atoms with E-state index in [1.807, 2.05) is 60.7 Å². The number of aliphatic carboxylic acids is 1. The lowest BCUT2D eigenvalue weighted by Gasteiger charge is -2.35. The molecule has 6 heteroatoms. The van der Waals surface area contributed by atoms with E-state index >= 15 is 0 Å². The van der Waals surface area contributed by atoms with Crippen molar-refractivity contribution in [2.24, 2.45) is 11.8 Å². The molecule has 3 N–H and O–H groups in total. The lowest BCUT2D eigenvalue weighted by molar-refractivity contribution is -0.149. The van der Waals surface area contributed by atoms with Crippen LogP contribution in [0.15, 0.2) is 60.7 Å². The van der Waals surface area contributed by atoms with Crippen LogP contribution in [0.5, 0.6) is 0 Å². The number of methoxy groups -OCH3 is 1. The minimum Gasteiger partial charge on any atom is -0.481 e. The largest absolute Gasteiger partial charge is 0.481 e. The van der Waals surface area contributed by atoms with Gasteiger partial charge in [-0.1, -0.05) is 60.7 Å². The van der Waals surface area contributed by atoms with Gasteiger partial charge in [-0.25, -0.2) is 0 Å². The fourth-order valence-corrected chi connectivity index (χ4v) is 4.91. The molecule has 0 unspecified atom stereocenters. The number of carboxylic acids is 1. The van der Waals surface area contributed by atoms with E-state index in [0.717, 1.165) is 11.1 Å². The van der Waals surface area contributed by atoms with Gasteiger partial charge in [0.25, 0.3) is 0 Å². The summed E-state index contributed by atoms with van der Waals surface area (Å²) in [5.74, 6) is -1.23. The molecular formula is C27H34O6. The van der Waals surface area contributed by atoms with Gasteiger partial charge in [0.05, 0.1) is 30.1 Å². The van der Waals surface area contributed by atoms with Crippen molar-refractivity contribution < 1.29 is 29.6 Å². The quantitative estimate of drug-likeness (QED) is 0.592. The molecule has 6 nitrogen and oxygen atoms in total. The van der Waals surface area contributed by atoms with Crippen LogP contribution in [0.2, 0.25) is 0 Å². The maximum absolute atomic E-state index is 11.4. The molecule has 0 heterocycles. The number of carbonyl (C=O) groups excluding carboxylic acids is 1. The molecule has 2 fully saturated rings. The Kier molecular flexibility index (Phi) is 8.27. The highest BCUT2D eigenvalue weighted by Gasteiger charge is 2.38. The van der Waals surface area contributed by atoms with Crippen LogP contribution in [0.1, 0.15) is 62.5 Å². The van der Waals surface area contributed by atoms with Crippen molar-refractivity contribution in [3.63, 3.8) is 0 Å². The average molecular weight is 455 g/mol. The zero-order chi connectivity index (χ0) is 23.9. The molecule has 0 aromatic heterocycles. The van der Waals surface area contributed by atoms with Crippen molar-refractivity contribution in [1.82, 2.24) is 0 Å². The van der Waals surface area contributed by atoms with Crippen molar-refractivity contribution in [2.45, 2.75) is 62.6 Å². The number of hydrogen-bond acceptors (Lipinski definition) is 5. The van der Waals surface area contributed by atoms with Crippen molar-refractivity contribution in [1.29, 1.82) is 0 Å². The summed E-state index contributed by atoms with van der Waals surface area (Å²) in [5, 5.41) is 29.9. The Morgan fingerprint density at radius 3 is 1.42 bits per heavy atom. The van der Waals surface area contributed by atoms with Crippen LogP contribution >= 0.6 is 0 Å². The van der Waals surface area contributed by atoms with Crippen LogP contribution in [0.25, 0.3) is 0 Å². The van der Waals surface area contributed by atoms with Crippen molar-refractivity contribution >= 4 is 11.9 Å². The first-order valence-corrected chi connectivity index (χ1v) is 11.6. The predicted molar refractivity (Wildman–Crippen MR) is 124 cm³/mol. The minimum absolute atomic E-state index is 0.0519. The van der Waals surface area contributed by atoms with Crippen molar-refractivity contribution in [3.05, 3.63) is 71.8 Å². The number of esters is 1. The maximum atomic E-state index is 11.4. The summed E-state index contributed by atoms with van der Waals surface area (Å²) in [4.78, 5) is 22.2. The fraction of sp³-hybridized carbons (Fsp3) is 0.481. The smallest absolute Gasteiger partial charge is 0.308 e. The molecule has 178 valence electrons. The third-order valence-corrected chi connectivity index (χ3v) is 7.13. The molecule has 2 aliphatic carbocycles. The molecular weight excluding hydrogens is 420 g/mol. The number of hydrogen-bond donors (Lipinski definition) is 3. The van der Waals surface area contributed by atoms with E-state index in [1.54, 1.807) is 0 Å². The van der Waals surface area contributed by atoms with E-state index in [-0.39, 0.29) is 17.8 Å². The molecule has 0 radical (unpaired) electrons. The van der Waals surface area contributed by atoms with Crippen molar-refractivity contribution in [3.8, 4) is 0 Å². The zero-order valence-corrected chi connectivity index (χ0v) is 19.2. The van der Waals surface area contributed by atoms with Gasteiger partial charge < -0.3 is 20.1 Å². The first kappa shape index (κ1) is 24.9. The Morgan fingerprint density at radius 2 is 1.09 bits per heavy atom. The highest BCUT2D eigenvalue weighted by atomic mass is 16.5. The van der Waals surface area contributed by atoms with Crippen LogP contribution in [-0.2, 0) is 25.5 Å². The molecule has 2 aromatic rings. The SMILES string of the molecule is COC(=O)C1CCC(O)(c2ccccc2)CC1.O=C(O)C1CCC(O)(c2ccccc2)CC1. The van der Waals surface area contributed by atoms with Crippen LogP contribution in [-0.4, -0.2) is 34.4 Å². The second kappa shape index (κ2) is 10.9. The first-order valence-electron chi connectivity index (χ1n) is 11.6. The summed E-state index contributed by atoms with van der Waals surface area (Å²) < 4.78 is 4.74. The summed E-state index contributed by atoms with van der Waals surface area (Å²) >= 11 is 0. The third kappa shape index (κ3) is 6.21. The number of aliphatic hydroxyl groups is 2. The molecule has 0 spiro atoms. The van der Waals surface area contributed by atoms with E-state index in [0.29, 0.717) is 51.4 Å². The number of benzene rings is 2. The van der Waals surface area contributed by atoms with Crippen LogP contribution in [0.3, 0.4) is 0 Å². The van der Waals surface area contributed by atoms with Gasteiger partial charge in [-0.15, -0.1) is 0 Å². The van der Waals surface area contributed by atoms with Crippen LogP contribution in [0.4, 0.5) is 0 Å². The van der Waals surface area contributed by atoms with Gasteiger partial charge in [0.2, 0.25) is 0 Å². The molecule has 2 aliphatic rings. The average Bonchev–Trinajstić information content (AvgIpc) is 2.86. The van der Waals surface area contributed by atoms with E-state index in [1.165, 1.54) is 7.11 Å². The van der Waals surface area contributed by atoms with Crippen LogP contribution in [0, 0.1) is 11.8 Å². The van der Waals surface area contributed by atoms with E-state index in [9.17, 15) is 19.8 Å². The van der Waals surface area contributed by atoms with Crippen LogP contribution < -0.4 is 0 Å². The van der Waals surface area contributed by atoms with E-state index < -0.39 is 17.2 Å². The summed E-state index contributed by atoms with van der Waals surface area (Å²) in [6.45, 7) is 0. The highest BCUT2D eigenvalue weighted by molar-refractivity contribution is 5.72. The van der Waals surface area contributed by atoms with Gasteiger partial charge in [-0.3, -0.25) is 9.59 Å². The monoisotopic (exact) mass is 454 g/mol. The molecule has 0 atom stereocenters. The number of carbonyl (C=O) groups is 2. The van der Waals surface area contributed by atoms with Gasteiger partial charge in [-0.2, -0.15) is 0 Å². The Labute approximate surface area is 195 Å². The first-order chi connectivity index (χ1) is 15.8. The van der Waals surface area contributed by atoms with Gasteiger partial charge >= 0.3 is 11.9 Å². The Bertz CT molecular complexity index is 895. The Morgan fingerprint density at radius 1 is 0.727 bits per heavy atom. The fourth-order valence-electron chi connectivity index (χ4n) is 4.91. The van der Waals surface area contributed by atoms with Gasteiger partial charge in [0.1, 0.15) is 0 Å². The second-order valence-electron chi connectivity index (χ2n) is 9.21. The molecule has 2 saturated carbocycles.